The van der Waals surface area contributed by atoms with Gasteiger partial charge in [-0.15, -0.1) is 0 Å². The predicted molar refractivity (Wildman–Crippen MR) is 99.8 cm³/mol. The van der Waals surface area contributed by atoms with E-state index < -0.39 is 41.1 Å². The van der Waals surface area contributed by atoms with Crippen LogP contribution >= 0.6 is 0 Å². The lowest BCUT2D eigenvalue weighted by Crippen LogP contribution is -2.35. The third-order valence-corrected chi connectivity index (χ3v) is 4.58. The smallest absolute Gasteiger partial charge is 0.317 e. The lowest BCUT2D eigenvalue weighted by molar-refractivity contribution is -0.149. The molecule has 0 amide bonds. The van der Waals surface area contributed by atoms with Crippen LogP contribution in [0.15, 0.2) is 35.6 Å². The molecular weight excluding hydrogens is 364 g/mol. The average Bonchev–Trinajstić information content (AvgIpc) is 2.67. The quantitative estimate of drug-likeness (QED) is 0.435. The summed E-state index contributed by atoms with van der Waals surface area (Å²) >= 11 is 0. The lowest BCUT2D eigenvalue weighted by atomic mass is 9.74. The first-order chi connectivity index (χ1) is 13.3. The van der Waals surface area contributed by atoms with Gasteiger partial charge in [-0.1, -0.05) is 26.0 Å². The van der Waals surface area contributed by atoms with E-state index in [1.807, 2.05) is 0 Å². The molecule has 7 heteroatoms. The molecule has 1 aliphatic rings. The van der Waals surface area contributed by atoms with Crippen molar-refractivity contribution in [1.29, 1.82) is 0 Å². The van der Waals surface area contributed by atoms with Crippen molar-refractivity contribution < 1.29 is 33.8 Å². The van der Waals surface area contributed by atoms with E-state index in [4.69, 9.17) is 9.47 Å². The van der Waals surface area contributed by atoms with Crippen molar-refractivity contribution in [3.8, 4) is 5.75 Å². The normalized spacial score (nSPS) is 19.3. The van der Waals surface area contributed by atoms with Crippen LogP contribution in [0.5, 0.6) is 5.75 Å². The number of ketones is 2. The summed E-state index contributed by atoms with van der Waals surface area (Å²) in [6.45, 7) is 4.96. The van der Waals surface area contributed by atoms with E-state index in [2.05, 4.69) is 0 Å². The zero-order valence-electron chi connectivity index (χ0n) is 16.2. The van der Waals surface area contributed by atoms with Crippen molar-refractivity contribution in [1.82, 2.24) is 0 Å². The van der Waals surface area contributed by atoms with E-state index in [-0.39, 0.29) is 37.2 Å². The van der Waals surface area contributed by atoms with Gasteiger partial charge >= 0.3 is 11.9 Å². The first-order valence-electron chi connectivity index (χ1n) is 9.30. The number of hydrogen-bond donors (Lipinski definition) is 1. The number of allylic oxidation sites excluding steroid dienone is 1. The second kappa shape index (κ2) is 9.30. The van der Waals surface area contributed by atoms with Gasteiger partial charge in [-0.25, -0.2) is 0 Å². The SMILES string of the molecule is CCOC(=O)C1C(O)=C(C(=O)CC)C(=O)CC1c1cccc(OC(=O)CC)c1. The maximum absolute atomic E-state index is 12.5. The number of rotatable bonds is 7. The van der Waals surface area contributed by atoms with Crippen molar-refractivity contribution in [3.63, 3.8) is 0 Å². The van der Waals surface area contributed by atoms with Crippen LogP contribution in [0.2, 0.25) is 0 Å². The molecule has 1 aliphatic carbocycles. The molecule has 0 bridgehead atoms. The predicted octanol–water partition coefficient (Wildman–Crippen LogP) is 3.03. The number of carbonyl (C=O) groups is 4. The van der Waals surface area contributed by atoms with E-state index in [0.717, 1.165) is 0 Å². The van der Waals surface area contributed by atoms with Crippen LogP contribution in [0, 0.1) is 5.92 Å². The number of ether oxygens (including phenoxy) is 2. The lowest BCUT2D eigenvalue weighted by Gasteiger charge is -2.30. The van der Waals surface area contributed by atoms with Crippen LogP contribution in [0.1, 0.15) is 51.5 Å². The fraction of sp³-hybridized carbons (Fsp3) is 0.429. The summed E-state index contributed by atoms with van der Waals surface area (Å²) < 4.78 is 10.3. The van der Waals surface area contributed by atoms with E-state index in [1.165, 1.54) is 0 Å². The molecule has 0 aromatic heterocycles. The van der Waals surface area contributed by atoms with Gasteiger partial charge in [-0.2, -0.15) is 0 Å². The summed E-state index contributed by atoms with van der Waals surface area (Å²) in [4.78, 5) is 48.8. The van der Waals surface area contributed by atoms with Crippen molar-refractivity contribution in [2.75, 3.05) is 6.61 Å². The van der Waals surface area contributed by atoms with Crippen molar-refractivity contribution in [2.45, 2.75) is 46.0 Å². The summed E-state index contributed by atoms with van der Waals surface area (Å²) in [5.41, 5.74) is 0.202. The Kier molecular flexibility index (Phi) is 7.09. The van der Waals surface area contributed by atoms with Gasteiger partial charge in [0.05, 0.1) is 12.2 Å². The summed E-state index contributed by atoms with van der Waals surface area (Å²) in [5, 5.41) is 10.6. The molecule has 2 atom stereocenters. The highest BCUT2D eigenvalue weighted by Gasteiger charge is 2.44. The standard InChI is InChI=1S/C21H24O7/c1-4-15(22)19-16(23)11-14(18(20(19)25)21(26)27-6-3)12-8-7-9-13(10-12)28-17(24)5-2/h7-10,14,18,25H,4-6,11H2,1-3H3. The van der Waals surface area contributed by atoms with Crippen molar-refractivity contribution in [3.05, 3.63) is 41.2 Å². The first kappa shape index (κ1) is 21.3. The second-order valence-electron chi connectivity index (χ2n) is 6.40. The summed E-state index contributed by atoms with van der Waals surface area (Å²) in [6.07, 6.45) is 0.0944. The molecule has 0 aliphatic heterocycles. The van der Waals surface area contributed by atoms with Gasteiger partial charge in [0.15, 0.2) is 11.6 Å². The molecule has 0 spiro atoms. The first-order valence-corrected chi connectivity index (χ1v) is 9.30. The molecular formula is C21H24O7. The number of esters is 2. The molecule has 7 nitrogen and oxygen atoms in total. The number of aliphatic hydroxyl groups is 1. The third-order valence-electron chi connectivity index (χ3n) is 4.58. The zero-order valence-corrected chi connectivity index (χ0v) is 16.2. The van der Waals surface area contributed by atoms with Gasteiger partial charge in [0.2, 0.25) is 0 Å². The van der Waals surface area contributed by atoms with Crippen LogP contribution < -0.4 is 4.74 Å². The van der Waals surface area contributed by atoms with E-state index in [9.17, 15) is 24.3 Å². The highest BCUT2D eigenvalue weighted by molar-refractivity contribution is 6.21. The Morgan fingerprint density at radius 3 is 2.46 bits per heavy atom. The minimum absolute atomic E-state index is 0.0355. The molecule has 2 unspecified atom stereocenters. The Morgan fingerprint density at radius 1 is 1.14 bits per heavy atom. The van der Waals surface area contributed by atoms with Gasteiger partial charge in [0, 0.05) is 25.2 Å². The number of carbonyl (C=O) groups excluding carboxylic acids is 4. The average molecular weight is 388 g/mol. The molecule has 0 fully saturated rings. The molecule has 0 saturated carbocycles. The van der Waals surface area contributed by atoms with Crippen LogP contribution in [-0.2, 0) is 23.9 Å². The van der Waals surface area contributed by atoms with Gasteiger partial charge in [0.25, 0.3) is 0 Å². The summed E-state index contributed by atoms with van der Waals surface area (Å²) in [5.74, 6) is -4.36. The van der Waals surface area contributed by atoms with Crippen LogP contribution in [-0.4, -0.2) is 35.2 Å². The fourth-order valence-corrected chi connectivity index (χ4v) is 3.21. The molecule has 1 aromatic rings. The maximum Gasteiger partial charge on any atom is 0.317 e. The minimum atomic E-state index is -1.18. The van der Waals surface area contributed by atoms with Crippen molar-refractivity contribution >= 4 is 23.5 Å². The maximum atomic E-state index is 12.5. The molecule has 1 aromatic carbocycles. The Hall–Kier alpha value is -2.96. The number of Topliss-reactive ketones (excluding diaryl/α,β-unsaturated/α-hetero) is 2. The van der Waals surface area contributed by atoms with E-state index in [0.29, 0.717) is 5.56 Å². The van der Waals surface area contributed by atoms with Gasteiger partial charge in [-0.05, 0) is 24.6 Å². The van der Waals surface area contributed by atoms with Gasteiger partial charge in [-0.3, -0.25) is 19.2 Å². The molecule has 28 heavy (non-hydrogen) atoms. The Morgan fingerprint density at radius 2 is 1.86 bits per heavy atom. The highest BCUT2D eigenvalue weighted by Crippen LogP contribution is 2.40. The van der Waals surface area contributed by atoms with Crippen LogP contribution in [0.4, 0.5) is 0 Å². The van der Waals surface area contributed by atoms with Crippen LogP contribution in [0.25, 0.3) is 0 Å². The second-order valence-corrected chi connectivity index (χ2v) is 6.40. The molecule has 150 valence electrons. The molecule has 0 heterocycles. The molecule has 2 rings (SSSR count). The largest absolute Gasteiger partial charge is 0.510 e. The minimum Gasteiger partial charge on any atom is -0.510 e. The monoisotopic (exact) mass is 388 g/mol. The summed E-state index contributed by atoms with van der Waals surface area (Å²) in [6, 6.07) is 6.45. The number of benzene rings is 1. The molecule has 0 saturated heterocycles. The van der Waals surface area contributed by atoms with E-state index in [1.54, 1.807) is 45.0 Å². The molecule has 0 radical (unpaired) electrons. The highest BCUT2D eigenvalue weighted by atomic mass is 16.5. The van der Waals surface area contributed by atoms with Crippen LogP contribution in [0.3, 0.4) is 0 Å². The Labute approximate surface area is 163 Å². The van der Waals surface area contributed by atoms with Gasteiger partial charge in [0.1, 0.15) is 17.4 Å². The number of aliphatic hydroxyl groups excluding tert-OH is 1. The molecule has 1 N–H and O–H groups in total. The summed E-state index contributed by atoms with van der Waals surface area (Å²) in [7, 11) is 0. The Balaban J connectivity index is 2.50. The van der Waals surface area contributed by atoms with E-state index >= 15 is 0 Å². The fourth-order valence-electron chi connectivity index (χ4n) is 3.21. The topological polar surface area (TPSA) is 107 Å². The third kappa shape index (κ3) is 4.47. The zero-order chi connectivity index (χ0) is 20.8. The van der Waals surface area contributed by atoms with Crippen molar-refractivity contribution in [2.24, 2.45) is 5.92 Å². The number of hydrogen-bond acceptors (Lipinski definition) is 7. The Bertz CT molecular complexity index is 822. The van der Waals surface area contributed by atoms with Gasteiger partial charge < -0.3 is 14.6 Å².